The first-order chi connectivity index (χ1) is 13.7. The molecule has 5 heteroatoms. The average Bonchev–Trinajstić information content (AvgIpc) is 2.77. The summed E-state index contributed by atoms with van der Waals surface area (Å²) in [4.78, 5) is 28.0. The fraction of sp³-hybridized carbons (Fsp3) is 0.417. The fourth-order valence-corrected chi connectivity index (χ4v) is 3.82. The van der Waals surface area contributed by atoms with Gasteiger partial charge in [-0.1, -0.05) is 61.0 Å². The predicted octanol–water partition coefficient (Wildman–Crippen LogP) is 4.44. The summed E-state index contributed by atoms with van der Waals surface area (Å²) in [5, 5.41) is 3.05. The van der Waals surface area contributed by atoms with Gasteiger partial charge in [-0.3, -0.25) is 9.59 Å². The molecular weight excluding hydrogens is 384 g/mol. The lowest BCUT2D eigenvalue weighted by Gasteiger charge is -2.26. The van der Waals surface area contributed by atoms with Crippen molar-refractivity contribution in [1.29, 1.82) is 0 Å². The second-order valence-electron chi connectivity index (χ2n) is 7.55. The first-order valence-corrected chi connectivity index (χ1v) is 10.4. The van der Waals surface area contributed by atoms with E-state index in [9.17, 15) is 9.59 Å². The van der Waals surface area contributed by atoms with Crippen molar-refractivity contribution in [2.45, 2.75) is 38.5 Å². The number of rotatable bonds is 8. The summed E-state index contributed by atoms with van der Waals surface area (Å²) in [6, 6.07) is 16.7. The predicted molar refractivity (Wildman–Crippen MR) is 120 cm³/mol. The van der Waals surface area contributed by atoms with Crippen LogP contribution in [0.5, 0.6) is 0 Å². The molecule has 2 aromatic rings. The summed E-state index contributed by atoms with van der Waals surface area (Å²) in [6.07, 6.45) is 4.88. The molecule has 0 radical (unpaired) electrons. The van der Waals surface area contributed by atoms with Crippen molar-refractivity contribution in [2.75, 3.05) is 26.2 Å². The number of carbonyl (C=O) groups excluding carboxylic acids is 2. The average molecular weight is 415 g/mol. The van der Waals surface area contributed by atoms with Crippen molar-refractivity contribution in [3.05, 3.63) is 71.3 Å². The SMILES string of the molecule is C[C@@H](C(=O)NCCCN1CCCCC1)c1ccccc1C(=O)c1ccccc1.Cl. The molecule has 0 aromatic heterocycles. The molecule has 29 heavy (non-hydrogen) atoms. The maximum atomic E-state index is 12.9. The Bertz CT molecular complexity index is 788. The zero-order valence-corrected chi connectivity index (χ0v) is 17.9. The van der Waals surface area contributed by atoms with Crippen molar-refractivity contribution in [3.63, 3.8) is 0 Å². The second-order valence-corrected chi connectivity index (χ2v) is 7.55. The zero-order valence-electron chi connectivity index (χ0n) is 17.1. The van der Waals surface area contributed by atoms with Gasteiger partial charge in [-0.2, -0.15) is 0 Å². The van der Waals surface area contributed by atoms with Crippen molar-refractivity contribution in [1.82, 2.24) is 10.2 Å². The van der Waals surface area contributed by atoms with Crippen LogP contribution in [0.4, 0.5) is 0 Å². The Hall–Kier alpha value is -2.17. The number of amides is 1. The van der Waals surface area contributed by atoms with Gasteiger partial charge in [-0.05, 0) is 51.4 Å². The zero-order chi connectivity index (χ0) is 19.8. The Labute approximate surface area is 180 Å². The Balaban J connectivity index is 0.00000300. The minimum atomic E-state index is -0.362. The molecule has 3 rings (SSSR count). The molecule has 1 aliphatic rings. The molecule has 0 spiro atoms. The Kier molecular flexibility index (Phi) is 9.36. The molecule has 1 fully saturated rings. The molecule has 0 aliphatic carbocycles. The molecule has 4 nitrogen and oxygen atoms in total. The topological polar surface area (TPSA) is 49.4 Å². The molecule has 0 saturated carbocycles. The van der Waals surface area contributed by atoms with Gasteiger partial charge in [-0.25, -0.2) is 0 Å². The van der Waals surface area contributed by atoms with E-state index in [1.807, 2.05) is 61.5 Å². The van der Waals surface area contributed by atoms with Crippen LogP contribution in [0.15, 0.2) is 54.6 Å². The highest BCUT2D eigenvalue weighted by atomic mass is 35.5. The first-order valence-electron chi connectivity index (χ1n) is 10.4. The molecule has 156 valence electrons. The van der Waals surface area contributed by atoms with E-state index in [2.05, 4.69) is 10.2 Å². The molecule has 1 amide bonds. The van der Waals surface area contributed by atoms with Crippen LogP contribution in [0.25, 0.3) is 0 Å². The van der Waals surface area contributed by atoms with Crippen LogP contribution in [0, 0.1) is 0 Å². The quantitative estimate of drug-likeness (QED) is 0.513. The van der Waals surface area contributed by atoms with Gasteiger partial charge in [0.1, 0.15) is 0 Å². The molecule has 1 atom stereocenters. The van der Waals surface area contributed by atoms with Gasteiger partial charge in [0, 0.05) is 17.7 Å². The van der Waals surface area contributed by atoms with Crippen LogP contribution in [0.3, 0.4) is 0 Å². The number of nitrogens with one attached hydrogen (secondary N) is 1. The normalized spacial score (nSPS) is 15.2. The van der Waals surface area contributed by atoms with E-state index in [-0.39, 0.29) is 30.0 Å². The van der Waals surface area contributed by atoms with Crippen LogP contribution >= 0.6 is 12.4 Å². The summed E-state index contributed by atoms with van der Waals surface area (Å²) in [5.41, 5.74) is 2.03. The third-order valence-corrected chi connectivity index (χ3v) is 5.50. The van der Waals surface area contributed by atoms with E-state index < -0.39 is 0 Å². The van der Waals surface area contributed by atoms with Gasteiger partial charge in [-0.15, -0.1) is 12.4 Å². The Morgan fingerprint density at radius 2 is 1.62 bits per heavy atom. The summed E-state index contributed by atoms with van der Waals surface area (Å²) >= 11 is 0. The maximum Gasteiger partial charge on any atom is 0.227 e. The standard InChI is InChI=1S/C24H30N2O2.ClH/c1-19(24(28)25-15-10-18-26-16-8-3-9-17-26)21-13-6-7-14-22(21)23(27)20-11-4-2-5-12-20;/h2,4-7,11-14,19H,3,8-10,15-18H2,1H3,(H,25,28);1H/t19-;/m1./s1. The van der Waals surface area contributed by atoms with E-state index in [0.29, 0.717) is 17.7 Å². The minimum absolute atomic E-state index is 0. The van der Waals surface area contributed by atoms with Gasteiger partial charge >= 0.3 is 0 Å². The Morgan fingerprint density at radius 3 is 2.34 bits per heavy atom. The van der Waals surface area contributed by atoms with Crippen LogP contribution in [-0.2, 0) is 4.79 Å². The van der Waals surface area contributed by atoms with Crippen molar-refractivity contribution in [2.24, 2.45) is 0 Å². The summed E-state index contributed by atoms with van der Waals surface area (Å²) in [6.45, 7) is 5.95. The second kappa shape index (κ2) is 11.7. The lowest BCUT2D eigenvalue weighted by molar-refractivity contribution is -0.122. The van der Waals surface area contributed by atoms with Crippen LogP contribution in [0.2, 0.25) is 0 Å². The van der Waals surface area contributed by atoms with Crippen LogP contribution < -0.4 is 5.32 Å². The first kappa shape index (κ1) is 23.1. The van der Waals surface area contributed by atoms with E-state index >= 15 is 0 Å². The lowest BCUT2D eigenvalue weighted by Crippen LogP contribution is -2.34. The van der Waals surface area contributed by atoms with Crippen molar-refractivity contribution < 1.29 is 9.59 Å². The summed E-state index contributed by atoms with van der Waals surface area (Å²) < 4.78 is 0. The molecule has 1 saturated heterocycles. The fourth-order valence-electron chi connectivity index (χ4n) is 3.82. The molecular formula is C24H31ClN2O2. The monoisotopic (exact) mass is 414 g/mol. The largest absolute Gasteiger partial charge is 0.356 e. The number of halogens is 1. The molecule has 1 aliphatic heterocycles. The number of benzene rings is 2. The lowest BCUT2D eigenvalue weighted by atomic mass is 9.90. The molecule has 1 N–H and O–H groups in total. The highest BCUT2D eigenvalue weighted by Gasteiger charge is 2.21. The smallest absolute Gasteiger partial charge is 0.227 e. The molecule has 1 heterocycles. The van der Waals surface area contributed by atoms with Crippen LogP contribution in [0.1, 0.15) is 60.0 Å². The number of hydrogen-bond acceptors (Lipinski definition) is 3. The van der Waals surface area contributed by atoms with Gasteiger partial charge in [0.25, 0.3) is 0 Å². The Morgan fingerprint density at radius 1 is 0.966 bits per heavy atom. The van der Waals surface area contributed by atoms with Crippen LogP contribution in [-0.4, -0.2) is 42.8 Å². The number of nitrogens with zero attached hydrogens (tertiary/aromatic N) is 1. The molecule has 2 aromatic carbocycles. The minimum Gasteiger partial charge on any atom is -0.356 e. The van der Waals surface area contributed by atoms with Crippen molar-refractivity contribution in [3.8, 4) is 0 Å². The highest BCUT2D eigenvalue weighted by Crippen LogP contribution is 2.23. The van der Waals surface area contributed by atoms with E-state index in [1.165, 1.54) is 32.4 Å². The van der Waals surface area contributed by atoms with Crippen molar-refractivity contribution >= 4 is 24.1 Å². The molecule has 0 unspecified atom stereocenters. The number of hydrogen-bond donors (Lipinski definition) is 1. The van der Waals surface area contributed by atoms with E-state index in [4.69, 9.17) is 0 Å². The van der Waals surface area contributed by atoms with Gasteiger partial charge in [0.05, 0.1) is 5.92 Å². The van der Waals surface area contributed by atoms with E-state index in [1.54, 1.807) is 0 Å². The number of ketones is 1. The third-order valence-electron chi connectivity index (χ3n) is 5.50. The highest BCUT2D eigenvalue weighted by molar-refractivity contribution is 6.10. The number of piperidine rings is 1. The number of likely N-dealkylation sites (tertiary alicyclic amines) is 1. The van der Waals surface area contributed by atoms with Gasteiger partial charge in [0.15, 0.2) is 5.78 Å². The van der Waals surface area contributed by atoms with Gasteiger partial charge < -0.3 is 10.2 Å². The van der Waals surface area contributed by atoms with E-state index in [0.717, 1.165) is 18.5 Å². The summed E-state index contributed by atoms with van der Waals surface area (Å²) in [5.74, 6) is -0.424. The third kappa shape index (κ3) is 6.41. The maximum absolute atomic E-state index is 12.9. The van der Waals surface area contributed by atoms with Gasteiger partial charge in [0.2, 0.25) is 5.91 Å². The summed E-state index contributed by atoms with van der Waals surface area (Å²) in [7, 11) is 0. The molecule has 0 bridgehead atoms. The number of carbonyl (C=O) groups is 2.